The standard InChI is InChI=1S/C17H26BN3O6/c1-15(2,3)25-14(24)21-12-9-10(8-11(19-12)20-13(22)23)18-26-16(4,5)17(6,7)27-18/h8-9H,1-7H3,(H,22,23)(H2,19,20,21,24). The van der Waals surface area contributed by atoms with E-state index < -0.39 is 36.1 Å². The largest absolute Gasteiger partial charge is 0.495 e. The van der Waals surface area contributed by atoms with Crippen molar-refractivity contribution in [1.29, 1.82) is 0 Å². The molecule has 1 saturated heterocycles. The summed E-state index contributed by atoms with van der Waals surface area (Å²) in [6.07, 6.45) is -1.99. The summed E-state index contributed by atoms with van der Waals surface area (Å²) in [5.41, 5.74) is -1.31. The molecule has 0 bridgehead atoms. The van der Waals surface area contributed by atoms with E-state index in [1.807, 2.05) is 27.7 Å². The molecule has 0 unspecified atom stereocenters. The van der Waals surface area contributed by atoms with Crippen LogP contribution in [0.4, 0.5) is 21.2 Å². The topological polar surface area (TPSA) is 119 Å². The zero-order chi connectivity index (χ0) is 20.6. The summed E-state index contributed by atoms with van der Waals surface area (Å²) in [6.45, 7) is 12.8. The van der Waals surface area contributed by atoms with Crippen molar-refractivity contribution in [3.05, 3.63) is 12.1 Å². The van der Waals surface area contributed by atoms with Crippen molar-refractivity contribution in [3.8, 4) is 0 Å². The Morgan fingerprint density at radius 3 is 2.00 bits per heavy atom. The Kier molecular flexibility index (Phi) is 5.45. The normalized spacial score (nSPS) is 18.1. The van der Waals surface area contributed by atoms with Gasteiger partial charge in [-0.2, -0.15) is 0 Å². The van der Waals surface area contributed by atoms with Crippen molar-refractivity contribution >= 4 is 36.4 Å². The van der Waals surface area contributed by atoms with E-state index in [9.17, 15) is 9.59 Å². The zero-order valence-corrected chi connectivity index (χ0v) is 16.7. The number of aromatic nitrogens is 1. The smallest absolute Gasteiger partial charge is 0.465 e. The fraction of sp³-hybridized carbons (Fsp3) is 0.588. The highest BCUT2D eigenvalue weighted by Gasteiger charge is 2.51. The number of carboxylic acid groups (broad SMARTS) is 1. The third-order valence-electron chi connectivity index (χ3n) is 4.24. The number of ether oxygens (including phenoxy) is 1. The van der Waals surface area contributed by atoms with Gasteiger partial charge in [0.05, 0.1) is 11.2 Å². The molecule has 27 heavy (non-hydrogen) atoms. The van der Waals surface area contributed by atoms with Gasteiger partial charge in [0.15, 0.2) is 0 Å². The van der Waals surface area contributed by atoms with Crippen LogP contribution in [0.2, 0.25) is 0 Å². The van der Waals surface area contributed by atoms with Gasteiger partial charge in [0.25, 0.3) is 0 Å². The molecule has 2 heterocycles. The first-order valence-corrected chi connectivity index (χ1v) is 8.56. The molecule has 2 rings (SSSR count). The first-order chi connectivity index (χ1) is 12.2. The average Bonchev–Trinajstić information content (AvgIpc) is 2.64. The first-order valence-electron chi connectivity index (χ1n) is 8.56. The van der Waals surface area contributed by atoms with E-state index in [-0.39, 0.29) is 11.6 Å². The quantitative estimate of drug-likeness (QED) is 0.691. The van der Waals surface area contributed by atoms with Crippen molar-refractivity contribution in [2.24, 2.45) is 0 Å². The fourth-order valence-electron chi connectivity index (χ4n) is 2.31. The van der Waals surface area contributed by atoms with Crippen LogP contribution >= 0.6 is 0 Å². The van der Waals surface area contributed by atoms with Crippen molar-refractivity contribution in [2.75, 3.05) is 10.6 Å². The molecule has 0 aliphatic carbocycles. The highest BCUT2D eigenvalue weighted by Crippen LogP contribution is 2.36. The molecule has 3 N–H and O–H groups in total. The predicted octanol–water partition coefficient (Wildman–Crippen LogP) is 2.82. The summed E-state index contributed by atoms with van der Waals surface area (Å²) in [7, 11) is -0.744. The first kappa shape index (κ1) is 21.0. The molecule has 0 aromatic carbocycles. The number of pyridine rings is 1. The van der Waals surface area contributed by atoms with Gasteiger partial charge in [-0.3, -0.25) is 10.6 Å². The molecule has 1 aliphatic heterocycles. The Balaban J connectivity index is 2.32. The minimum atomic E-state index is -1.28. The molecular weight excluding hydrogens is 353 g/mol. The lowest BCUT2D eigenvalue weighted by Gasteiger charge is -2.32. The molecule has 2 amide bonds. The highest BCUT2D eigenvalue weighted by molar-refractivity contribution is 6.62. The van der Waals surface area contributed by atoms with Gasteiger partial charge < -0.3 is 19.2 Å². The number of hydrogen-bond donors (Lipinski definition) is 3. The second-order valence-electron chi connectivity index (χ2n) is 8.32. The van der Waals surface area contributed by atoms with Crippen LogP contribution in [0, 0.1) is 0 Å². The summed E-state index contributed by atoms with van der Waals surface area (Å²) < 4.78 is 17.2. The Hall–Kier alpha value is -2.33. The van der Waals surface area contributed by atoms with Crippen LogP contribution in [-0.2, 0) is 14.0 Å². The van der Waals surface area contributed by atoms with E-state index in [0.717, 1.165) is 0 Å². The third-order valence-corrected chi connectivity index (χ3v) is 4.24. The van der Waals surface area contributed by atoms with Gasteiger partial charge in [0.1, 0.15) is 17.2 Å². The summed E-state index contributed by atoms with van der Waals surface area (Å²) >= 11 is 0. The summed E-state index contributed by atoms with van der Waals surface area (Å²) in [6, 6.07) is 3.05. The second kappa shape index (κ2) is 7.01. The summed E-state index contributed by atoms with van der Waals surface area (Å²) in [5, 5.41) is 13.7. The number of hydrogen-bond acceptors (Lipinski definition) is 6. The molecular formula is C17H26BN3O6. The van der Waals surface area contributed by atoms with E-state index in [4.69, 9.17) is 19.2 Å². The maximum absolute atomic E-state index is 12.0. The van der Waals surface area contributed by atoms with Gasteiger partial charge in [-0.25, -0.2) is 14.6 Å². The Morgan fingerprint density at radius 2 is 1.56 bits per heavy atom. The highest BCUT2D eigenvalue weighted by atomic mass is 16.7. The van der Waals surface area contributed by atoms with Crippen molar-refractivity contribution in [3.63, 3.8) is 0 Å². The minimum Gasteiger partial charge on any atom is -0.465 e. The van der Waals surface area contributed by atoms with E-state index in [2.05, 4.69) is 15.6 Å². The fourth-order valence-corrected chi connectivity index (χ4v) is 2.31. The molecule has 10 heteroatoms. The summed E-state index contributed by atoms with van der Waals surface area (Å²) in [5.74, 6) is 0.140. The molecule has 1 aromatic rings. The predicted molar refractivity (Wildman–Crippen MR) is 101 cm³/mol. The Morgan fingerprint density at radius 1 is 1.07 bits per heavy atom. The number of rotatable bonds is 3. The van der Waals surface area contributed by atoms with Crippen LogP contribution in [-0.4, -0.2) is 46.2 Å². The molecule has 0 radical (unpaired) electrons. The zero-order valence-electron chi connectivity index (χ0n) is 16.7. The minimum absolute atomic E-state index is 0.0285. The van der Waals surface area contributed by atoms with Crippen molar-refractivity contribution in [1.82, 2.24) is 4.98 Å². The van der Waals surface area contributed by atoms with Gasteiger partial charge in [0, 0.05) is 0 Å². The van der Waals surface area contributed by atoms with E-state index in [0.29, 0.717) is 5.46 Å². The van der Waals surface area contributed by atoms with Crippen LogP contribution in [0.5, 0.6) is 0 Å². The van der Waals surface area contributed by atoms with E-state index in [1.165, 1.54) is 6.07 Å². The maximum Gasteiger partial charge on any atom is 0.495 e. The molecule has 1 aliphatic rings. The number of anilines is 2. The van der Waals surface area contributed by atoms with E-state index >= 15 is 0 Å². The lowest BCUT2D eigenvalue weighted by atomic mass is 9.79. The molecule has 148 valence electrons. The van der Waals surface area contributed by atoms with Crippen LogP contribution in [0.25, 0.3) is 0 Å². The molecule has 1 fully saturated rings. The lowest BCUT2D eigenvalue weighted by molar-refractivity contribution is 0.00578. The van der Waals surface area contributed by atoms with Gasteiger partial charge in [-0.15, -0.1) is 0 Å². The van der Waals surface area contributed by atoms with Crippen LogP contribution in [0.15, 0.2) is 12.1 Å². The summed E-state index contributed by atoms with van der Waals surface area (Å²) in [4.78, 5) is 27.1. The Labute approximate surface area is 158 Å². The molecule has 0 atom stereocenters. The maximum atomic E-state index is 12.0. The second-order valence-corrected chi connectivity index (χ2v) is 8.32. The average molecular weight is 379 g/mol. The monoisotopic (exact) mass is 379 g/mol. The van der Waals surface area contributed by atoms with Gasteiger partial charge in [0.2, 0.25) is 0 Å². The molecule has 0 spiro atoms. The number of nitrogens with zero attached hydrogens (tertiary/aromatic N) is 1. The van der Waals surface area contributed by atoms with Crippen LogP contribution in [0.3, 0.4) is 0 Å². The van der Waals surface area contributed by atoms with Crippen molar-refractivity contribution in [2.45, 2.75) is 65.3 Å². The number of amides is 2. The van der Waals surface area contributed by atoms with Gasteiger partial charge >= 0.3 is 19.3 Å². The van der Waals surface area contributed by atoms with Crippen LogP contribution < -0.4 is 16.1 Å². The van der Waals surface area contributed by atoms with E-state index in [1.54, 1.807) is 26.8 Å². The molecule has 0 saturated carbocycles. The third kappa shape index (κ3) is 5.33. The van der Waals surface area contributed by atoms with Gasteiger partial charge in [-0.05, 0) is 66.1 Å². The SMILES string of the molecule is CC(C)(C)OC(=O)Nc1cc(B2OC(C)(C)C(C)(C)O2)cc(NC(=O)O)n1. The van der Waals surface area contributed by atoms with Gasteiger partial charge in [-0.1, -0.05) is 0 Å². The van der Waals surface area contributed by atoms with Crippen molar-refractivity contribution < 1.29 is 28.7 Å². The molecule has 9 nitrogen and oxygen atoms in total. The number of carbonyl (C=O) groups excluding carboxylic acids is 1. The van der Waals surface area contributed by atoms with Crippen LogP contribution in [0.1, 0.15) is 48.5 Å². The Bertz CT molecular complexity index is 729. The lowest BCUT2D eigenvalue weighted by Crippen LogP contribution is -2.41. The number of carbonyl (C=O) groups is 2. The molecule has 1 aromatic heterocycles. The number of nitrogens with one attached hydrogen (secondary N) is 2.